The highest BCUT2D eigenvalue weighted by Crippen LogP contribution is 2.37. The Morgan fingerprint density at radius 2 is 1.86 bits per heavy atom. The van der Waals surface area contributed by atoms with Crippen LogP contribution in [0.1, 0.15) is 35.3 Å². The quantitative estimate of drug-likeness (QED) is 0.181. The number of Topliss-reactive ketones (excluding diaryl/α,β-unsaturated/α-hetero) is 1. The van der Waals surface area contributed by atoms with Crippen LogP contribution in [-0.4, -0.2) is 22.6 Å². The summed E-state index contributed by atoms with van der Waals surface area (Å²) in [7, 11) is 0. The van der Waals surface area contributed by atoms with E-state index < -0.39 is 0 Å². The van der Waals surface area contributed by atoms with Gasteiger partial charge in [0.05, 0.1) is 17.2 Å². The van der Waals surface area contributed by atoms with E-state index in [1.54, 1.807) is 30.3 Å². The number of carbonyl (C=O) groups excluding carboxylic acids is 2. The van der Waals surface area contributed by atoms with Gasteiger partial charge >= 0.3 is 0 Å². The lowest BCUT2D eigenvalue weighted by Gasteiger charge is -2.15. The summed E-state index contributed by atoms with van der Waals surface area (Å²) in [6, 6.07) is 19.9. The molecule has 1 heterocycles. The summed E-state index contributed by atoms with van der Waals surface area (Å²) in [6.07, 6.45) is 1.77. The number of ether oxygens (including phenoxy) is 2. The number of benzene rings is 3. The minimum absolute atomic E-state index is 0.0758. The number of amides is 1. The zero-order chi connectivity index (χ0) is 24.9. The van der Waals surface area contributed by atoms with Crippen molar-refractivity contribution in [2.45, 2.75) is 20.5 Å². The number of nitrogens with zero attached hydrogens (tertiary/aromatic N) is 1. The molecule has 0 N–H and O–H groups in total. The van der Waals surface area contributed by atoms with Crippen LogP contribution in [0.2, 0.25) is 5.02 Å². The third-order valence-electron chi connectivity index (χ3n) is 5.21. The maximum absolute atomic E-state index is 13.2. The molecule has 1 aliphatic rings. The van der Waals surface area contributed by atoms with E-state index in [4.69, 9.17) is 33.3 Å². The first-order valence-electron chi connectivity index (χ1n) is 10.9. The zero-order valence-corrected chi connectivity index (χ0v) is 21.5. The van der Waals surface area contributed by atoms with Crippen molar-refractivity contribution in [3.8, 4) is 11.5 Å². The maximum Gasteiger partial charge on any atom is 0.270 e. The number of thiocarbonyl (C=S) groups is 1. The molecule has 0 atom stereocenters. The van der Waals surface area contributed by atoms with Gasteiger partial charge in [0.15, 0.2) is 21.6 Å². The summed E-state index contributed by atoms with van der Waals surface area (Å²) >= 11 is 12.9. The summed E-state index contributed by atoms with van der Waals surface area (Å²) in [5.74, 6) is 0.835. The van der Waals surface area contributed by atoms with E-state index in [9.17, 15) is 9.59 Å². The Morgan fingerprint density at radius 3 is 2.60 bits per heavy atom. The van der Waals surface area contributed by atoms with Crippen molar-refractivity contribution in [3.63, 3.8) is 0 Å². The number of halogens is 1. The number of hydrogen-bond acceptors (Lipinski definition) is 6. The van der Waals surface area contributed by atoms with Gasteiger partial charge in [0.25, 0.3) is 5.91 Å². The zero-order valence-electron chi connectivity index (χ0n) is 19.1. The number of hydrogen-bond donors (Lipinski definition) is 0. The topological polar surface area (TPSA) is 55.8 Å². The predicted octanol–water partition coefficient (Wildman–Crippen LogP) is 6.93. The second kappa shape index (κ2) is 11.1. The van der Waals surface area contributed by atoms with Gasteiger partial charge < -0.3 is 9.47 Å². The first-order chi connectivity index (χ1) is 16.9. The molecule has 4 rings (SSSR count). The molecule has 0 unspecified atom stereocenters. The van der Waals surface area contributed by atoms with E-state index in [1.165, 1.54) is 23.6 Å². The number of rotatable bonds is 8. The summed E-state index contributed by atoms with van der Waals surface area (Å²) in [5, 5.41) is 0.637. The van der Waals surface area contributed by atoms with Crippen LogP contribution < -0.4 is 14.4 Å². The van der Waals surface area contributed by atoms with Crippen LogP contribution >= 0.6 is 35.6 Å². The number of carbonyl (C=O) groups is 2. The molecule has 3 aromatic carbocycles. The van der Waals surface area contributed by atoms with Crippen molar-refractivity contribution in [1.29, 1.82) is 0 Å². The van der Waals surface area contributed by atoms with E-state index in [-0.39, 0.29) is 11.7 Å². The highest BCUT2D eigenvalue weighted by Gasteiger charge is 2.33. The fraction of sp³-hybridized carbons (Fsp3) is 0.148. The normalized spacial score (nSPS) is 14.5. The maximum atomic E-state index is 13.2. The molecule has 35 heavy (non-hydrogen) atoms. The molecule has 178 valence electrons. The summed E-state index contributed by atoms with van der Waals surface area (Å²) < 4.78 is 12.2. The molecule has 0 saturated carbocycles. The lowest BCUT2D eigenvalue weighted by molar-refractivity contribution is -0.113. The number of anilines is 1. The third-order valence-corrected chi connectivity index (χ3v) is 6.88. The largest absolute Gasteiger partial charge is 0.490 e. The number of ketones is 1. The minimum atomic E-state index is -0.238. The van der Waals surface area contributed by atoms with Gasteiger partial charge in [-0.25, -0.2) is 0 Å². The van der Waals surface area contributed by atoms with Gasteiger partial charge in [-0.3, -0.25) is 14.5 Å². The van der Waals surface area contributed by atoms with Crippen LogP contribution in [0.5, 0.6) is 11.5 Å². The summed E-state index contributed by atoms with van der Waals surface area (Å²) in [5.41, 5.74) is 2.74. The SMILES string of the molecule is CCOc1cc(/C=C2\SC(=S)N(c3cccc(C(C)=O)c3)C2=O)ccc1OCc1ccccc1Cl. The third kappa shape index (κ3) is 5.75. The molecular formula is C27H22ClNO4S2. The minimum Gasteiger partial charge on any atom is -0.490 e. The summed E-state index contributed by atoms with van der Waals surface area (Å²) in [4.78, 5) is 26.9. The van der Waals surface area contributed by atoms with E-state index in [2.05, 4.69) is 0 Å². The average molecular weight is 524 g/mol. The first kappa shape index (κ1) is 25.0. The van der Waals surface area contributed by atoms with Gasteiger partial charge in [0, 0.05) is 16.1 Å². The highest BCUT2D eigenvalue weighted by molar-refractivity contribution is 8.27. The number of thioether (sulfide) groups is 1. The lowest BCUT2D eigenvalue weighted by atomic mass is 10.1. The van der Waals surface area contributed by atoms with Crippen molar-refractivity contribution < 1.29 is 19.1 Å². The Bertz CT molecular complexity index is 1340. The van der Waals surface area contributed by atoms with Crippen LogP contribution in [0, 0.1) is 0 Å². The monoisotopic (exact) mass is 523 g/mol. The van der Waals surface area contributed by atoms with E-state index in [0.29, 0.717) is 50.2 Å². The Morgan fingerprint density at radius 1 is 1.06 bits per heavy atom. The Labute approximate surface area is 218 Å². The molecule has 1 aliphatic heterocycles. The first-order valence-corrected chi connectivity index (χ1v) is 12.5. The van der Waals surface area contributed by atoms with E-state index in [1.807, 2.05) is 49.4 Å². The fourth-order valence-electron chi connectivity index (χ4n) is 3.48. The molecule has 1 amide bonds. The average Bonchev–Trinajstić information content (AvgIpc) is 3.12. The summed E-state index contributed by atoms with van der Waals surface area (Å²) in [6.45, 7) is 4.14. The Hall–Kier alpha value is -3.13. The molecule has 0 spiro atoms. The Kier molecular flexibility index (Phi) is 7.90. The second-order valence-electron chi connectivity index (χ2n) is 7.64. The van der Waals surface area contributed by atoms with Crippen molar-refractivity contribution in [2.75, 3.05) is 11.5 Å². The van der Waals surface area contributed by atoms with E-state index in [0.717, 1.165) is 11.1 Å². The fourth-order valence-corrected chi connectivity index (χ4v) is 4.97. The molecule has 8 heteroatoms. The molecule has 0 aliphatic carbocycles. The molecule has 0 aromatic heterocycles. The van der Waals surface area contributed by atoms with Gasteiger partial charge in [-0.1, -0.05) is 72.0 Å². The smallest absolute Gasteiger partial charge is 0.270 e. The molecule has 0 radical (unpaired) electrons. The van der Waals surface area contributed by atoms with E-state index >= 15 is 0 Å². The van der Waals surface area contributed by atoms with Crippen molar-refractivity contribution in [1.82, 2.24) is 0 Å². The molecule has 1 saturated heterocycles. The predicted molar refractivity (Wildman–Crippen MR) is 145 cm³/mol. The van der Waals surface area contributed by atoms with Crippen LogP contribution in [0.25, 0.3) is 6.08 Å². The van der Waals surface area contributed by atoms with Crippen LogP contribution in [0.3, 0.4) is 0 Å². The van der Waals surface area contributed by atoms with Crippen LogP contribution in [0.15, 0.2) is 71.6 Å². The van der Waals surface area contributed by atoms with Gasteiger partial charge in [0.1, 0.15) is 6.61 Å². The van der Waals surface area contributed by atoms with Gasteiger partial charge in [0.2, 0.25) is 0 Å². The van der Waals surface area contributed by atoms with Gasteiger partial charge in [-0.05, 0) is 55.8 Å². The van der Waals surface area contributed by atoms with Crippen molar-refractivity contribution >= 4 is 63.4 Å². The molecule has 5 nitrogen and oxygen atoms in total. The van der Waals surface area contributed by atoms with Gasteiger partial charge in [-0.2, -0.15) is 0 Å². The lowest BCUT2D eigenvalue weighted by Crippen LogP contribution is -2.27. The molecular weight excluding hydrogens is 502 g/mol. The second-order valence-corrected chi connectivity index (χ2v) is 9.73. The Balaban J connectivity index is 1.57. The van der Waals surface area contributed by atoms with Crippen molar-refractivity contribution in [3.05, 3.63) is 93.3 Å². The van der Waals surface area contributed by atoms with Crippen LogP contribution in [0.4, 0.5) is 5.69 Å². The highest BCUT2D eigenvalue weighted by atomic mass is 35.5. The molecule has 0 bridgehead atoms. The standard InChI is InChI=1S/C27H22ClNO4S2/c1-3-32-24-13-18(11-12-23(24)33-16-20-7-4-5-10-22(20)28)14-25-26(31)29(27(34)35-25)21-9-6-8-19(15-21)17(2)30/h4-15H,3,16H2,1-2H3/b25-14-. The van der Waals surface area contributed by atoms with Crippen LogP contribution in [-0.2, 0) is 11.4 Å². The molecule has 3 aromatic rings. The van der Waals surface area contributed by atoms with Crippen molar-refractivity contribution in [2.24, 2.45) is 0 Å². The van der Waals surface area contributed by atoms with Gasteiger partial charge in [-0.15, -0.1) is 0 Å². The molecule has 1 fully saturated rings.